The third-order valence-electron chi connectivity index (χ3n) is 2.78. The first kappa shape index (κ1) is 13.7. The van der Waals surface area contributed by atoms with Crippen molar-refractivity contribution in [2.45, 2.75) is 6.92 Å². The summed E-state index contributed by atoms with van der Waals surface area (Å²) in [6, 6.07) is 7.00. The molecule has 0 saturated heterocycles. The lowest BCUT2D eigenvalue weighted by Crippen LogP contribution is -2.25. The molecule has 0 aliphatic rings. The summed E-state index contributed by atoms with van der Waals surface area (Å²) in [4.78, 5) is 18.7. The molecule has 0 unspecified atom stereocenters. The maximum atomic E-state index is 12.0. The summed E-state index contributed by atoms with van der Waals surface area (Å²) >= 11 is 3.04. The fraction of sp³-hybridized carbons (Fsp3) is 0.0714. The number of aromatic nitrogens is 2. The van der Waals surface area contributed by atoms with Crippen molar-refractivity contribution in [3.05, 3.63) is 57.7 Å². The molecule has 0 bridgehead atoms. The van der Waals surface area contributed by atoms with E-state index in [-0.39, 0.29) is 5.91 Å². The van der Waals surface area contributed by atoms with Crippen LogP contribution in [0.4, 0.5) is 5.13 Å². The molecule has 5 nitrogen and oxygen atoms in total. The van der Waals surface area contributed by atoms with E-state index in [0.29, 0.717) is 15.4 Å². The lowest BCUT2D eigenvalue weighted by atomic mass is 10.2. The van der Waals surface area contributed by atoms with E-state index in [1.165, 1.54) is 40.7 Å². The predicted octanol–water partition coefficient (Wildman–Crippen LogP) is 3.07. The molecule has 3 heterocycles. The zero-order valence-electron chi connectivity index (χ0n) is 11.1. The van der Waals surface area contributed by atoms with Gasteiger partial charge in [0.05, 0.1) is 16.1 Å². The molecule has 0 fully saturated rings. The molecule has 3 aromatic heterocycles. The molecule has 1 amide bonds. The SMILES string of the molecule is Cc1ccc(-c2csc(NC(=O)c3cc[n+]([O-])cc3)n2)s1. The van der Waals surface area contributed by atoms with Gasteiger partial charge in [0.2, 0.25) is 0 Å². The maximum absolute atomic E-state index is 12.0. The Labute approximate surface area is 129 Å². The lowest BCUT2D eigenvalue weighted by Gasteiger charge is -2.01. The Bertz CT molecular complexity index is 778. The summed E-state index contributed by atoms with van der Waals surface area (Å²) < 4.78 is 0.636. The monoisotopic (exact) mass is 317 g/mol. The molecule has 106 valence electrons. The molecule has 0 radical (unpaired) electrons. The number of aryl methyl sites for hydroxylation is 1. The molecule has 0 spiro atoms. The van der Waals surface area contributed by atoms with Gasteiger partial charge < -0.3 is 5.21 Å². The van der Waals surface area contributed by atoms with E-state index in [1.54, 1.807) is 11.3 Å². The number of thiophene rings is 1. The third-order valence-corrected chi connectivity index (χ3v) is 4.56. The van der Waals surface area contributed by atoms with Crippen LogP contribution in [0.1, 0.15) is 15.2 Å². The quantitative estimate of drug-likeness (QED) is 0.596. The van der Waals surface area contributed by atoms with Crippen molar-refractivity contribution in [3.63, 3.8) is 0 Å². The maximum Gasteiger partial charge on any atom is 0.257 e. The largest absolute Gasteiger partial charge is 0.619 e. The standard InChI is InChI=1S/C14H11N3O2S2/c1-9-2-3-12(21-9)11-8-20-14(15-11)16-13(18)10-4-6-17(19)7-5-10/h2-8H,1H3,(H,15,16,18). The van der Waals surface area contributed by atoms with Gasteiger partial charge in [-0.25, -0.2) is 4.98 Å². The smallest absolute Gasteiger partial charge is 0.257 e. The molecule has 0 atom stereocenters. The Morgan fingerprint density at radius 2 is 2.05 bits per heavy atom. The molecular weight excluding hydrogens is 306 g/mol. The van der Waals surface area contributed by atoms with Crippen LogP contribution in [0, 0.1) is 12.1 Å². The number of hydrogen-bond acceptors (Lipinski definition) is 5. The van der Waals surface area contributed by atoms with Crippen LogP contribution < -0.4 is 10.0 Å². The molecular formula is C14H11N3O2S2. The number of thiazole rings is 1. The van der Waals surface area contributed by atoms with E-state index in [1.807, 2.05) is 24.4 Å². The zero-order chi connectivity index (χ0) is 14.8. The molecule has 3 aromatic rings. The van der Waals surface area contributed by atoms with E-state index >= 15 is 0 Å². The fourth-order valence-corrected chi connectivity index (χ4v) is 3.36. The summed E-state index contributed by atoms with van der Waals surface area (Å²) in [5.74, 6) is -0.279. The number of hydrogen-bond donors (Lipinski definition) is 1. The number of nitrogens with zero attached hydrogens (tertiary/aromatic N) is 2. The molecule has 0 aliphatic heterocycles. The van der Waals surface area contributed by atoms with Gasteiger partial charge in [0.15, 0.2) is 17.5 Å². The van der Waals surface area contributed by atoms with Gasteiger partial charge in [-0.05, 0) is 19.1 Å². The van der Waals surface area contributed by atoms with Gasteiger partial charge in [0.25, 0.3) is 5.91 Å². The number of carbonyl (C=O) groups excluding carboxylic acids is 1. The second-order valence-corrected chi connectivity index (χ2v) is 6.50. The van der Waals surface area contributed by atoms with Gasteiger partial charge in [-0.15, -0.1) is 22.7 Å². The van der Waals surface area contributed by atoms with E-state index in [2.05, 4.69) is 10.3 Å². The van der Waals surface area contributed by atoms with Gasteiger partial charge in [0.1, 0.15) is 0 Å². The average Bonchev–Trinajstić information content (AvgIpc) is 3.08. The minimum absolute atomic E-state index is 0.279. The predicted molar refractivity (Wildman–Crippen MR) is 83.5 cm³/mol. The van der Waals surface area contributed by atoms with Crippen LogP contribution in [0.15, 0.2) is 42.0 Å². The highest BCUT2D eigenvalue weighted by Crippen LogP contribution is 2.30. The summed E-state index contributed by atoms with van der Waals surface area (Å²) in [7, 11) is 0. The van der Waals surface area contributed by atoms with Crippen molar-refractivity contribution in [2.24, 2.45) is 0 Å². The first-order valence-corrected chi connectivity index (χ1v) is 7.84. The van der Waals surface area contributed by atoms with Gasteiger partial charge >= 0.3 is 0 Å². The average molecular weight is 317 g/mol. The molecule has 0 saturated carbocycles. The Morgan fingerprint density at radius 3 is 2.71 bits per heavy atom. The number of carbonyl (C=O) groups is 1. The number of rotatable bonds is 3. The van der Waals surface area contributed by atoms with Crippen LogP contribution in [0.2, 0.25) is 0 Å². The van der Waals surface area contributed by atoms with Gasteiger partial charge in [-0.2, -0.15) is 4.73 Å². The molecule has 21 heavy (non-hydrogen) atoms. The minimum Gasteiger partial charge on any atom is -0.619 e. The van der Waals surface area contributed by atoms with Gasteiger partial charge in [0, 0.05) is 22.4 Å². The fourth-order valence-electron chi connectivity index (χ4n) is 1.75. The Hall–Kier alpha value is -2.25. The number of nitrogens with one attached hydrogen (secondary N) is 1. The zero-order valence-corrected chi connectivity index (χ0v) is 12.7. The van der Waals surface area contributed by atoms with Gasteiger partial charge in [-0.3, -0.25) is 10.1 Å². The van der Waals surface area contributed by atoms with Gasteiger partial charge in [-0.1, -0.05) is 0 Å². The van der Waals surface area contributed by atoms with E-state index in [0.717, 1.165) is 10.6 Å². The molecule has 0 aliphatic carbocycles. The Morgan fingerprint density at radius 1 is 1.29 bits per heavy atom. The lowest BCUT2D eigenvalue weighted by molar-refractivity contribution is -0.605. The van der Waals surface area contributed by atoms with Crippen LogP contribution in [0.25, 0.3) is 10.6 Å². The van der Waals surface area contributed by atoms with Crippen molar-refractivity contribution in [1.82, 2.24) is 4.98 Å². The highest BCUT2D eigenvalue weighted by atomic mass is 32.1. The number of amides is 1. The van der Waals surface area contributed by atoms with Crippen molar-refractivity contribution >= 4 is 33.7 Å². The minimum atomic E-state index is -0.279. The van der Waals surface area contributed by atoms with E-state index in [9.17, 15) is 10.0 Å². The van der Waals surface area contributed by atoms with Crippen molar-refractivity contribution in [1.29, 1.82) is 0 Å². The first-order chi connectivity index (χ1) is 10.1. The molecule has 7 heteroatoms. The molecule has 1 N–H and O–H groups in total. The normalized spacial score (nSPS) is 10.5. The summed E-state index contributed by atoms with van der Waals surface area (Å²) in [5, 5.41) is 16.1. The van der Waals surface area contributed by atoms with E-state index < -0.39 is 0 Å². The Kier molecular flexibility index (Phi) is 3.68. The van der Waals surface area contributed by atoms with Crippen LogP contribution >= 0.6 is 22.7 Å². The number of anilines is 1. The van der Waals surface area contributed by atoms with Crippen LogP contribution in [0.5, 0.6) is 0 Å². The third kappa shape index (κ3) is 3.09. The van der Waals surface area contributed by atoms with Crippen LogP contribution in [0.3, 0.4) is 0 Å². The highest BCUT2D eigenvalue weighted by molar-refractivity contribution is 7.17. The molecule has 0 aromatic carbocycles. The summed E-state index contributed by atoms with van der Waals surface area (Å²) in [6.45, 7) is 2.04. The first-order valence-electron chi connectivity index (χ1n) is 6.14. The van der Waals surface area contributed by atoms with Crippen molar-refractivity contribution in [3.8, 4) is 10.6 Å². The number of pyridine rings is 1. The molecule has 3 rings (SSSR count). The van der Waals surface area contributed by atoms with Crippen molar-refractivity contribution in [2.75, 3.05) is 5.32 Å². The van der Waals surface area contributed by atoms with Crippen LogP contribution in [-0.2, 0) is 0 Å². The summed E-state index contributed by atoms with van der Waals surface area (Å²) in [5.41, 5.74) is 1.28. The summed E-state index contributed by atoms with van der Waals surface area (Å²) in [6.07, 6.45) is 2.58. The highest BCUT2D eigenvalue weighted by Gasteiger charge is 2.11. The van der Waals surface area contributed by atoms with Crippen molar-refractivity contribution < 1.29 is 9.52 Å². The topological polar surface area (TPSA) is 68.9 Å². The van der Waals surface area contributed by atoms with Crippen LogP contribution in [-0.4, -0.2) is 10.9 Å². The second kappa shape index (κ2) is 5.63. The van der Waals surface area contributed by atoms with E-state index in [4.69, 9.17) is 0 Å². The Balaban J connectivity index is 1.75. The second-order valence-electron chi connectivity index (χ2n) is 4.35.